The predicted molar refractivity (Wildman–Crippen MR) is 76.4 cm³/mol. The molecule has 0 radical (unpaired) electrons. The summed E-state index contributed by atoms with van der Waals surface area (Å²) in [6.45, 7) is 6.49. The van der Waals surface area contributed by atoms with Gasteiger partial charge in [0.25, 0.3) is 0 Å². The van der Waals surface area contributed by atoms with Crippen molar-refractivity contribution in [1.82, 2.24) is 4.98 Å². The highest BCUT2D eigenvalue weighted by molar-refractivity contribution is 7.11. The minimum absolute atomic E-state index is 0.0472. The Balaban J connectivity index is 1.99. The van der Waals surface area contributed by atoms with Crippen LogP contribution in [0.15, 0.2) is 35.7 Å². The highest BCUT2D eigenvalue weighted by Crippen LogP contribution is 2.24. The summed E-state index contributed by atoms with van der Waals surface area (Å²) < 4.78 is 5.25. The molecule has 0 amide bonds. The minimum Gasteiger partial charge on any atom is -0.455 e. The van der Waals surface area contributed by atoms with Crippen molar-refractivity contribution < 1.29 is 9.53 Å². The van der Waals surface area contributed by atoms with E-state index in [1.54, 1.807) is 0 Å². The number of rotatable bonds is 3. The summed E-state index contributed by atoms with van der Waals surface area (Å²) in [5.41, 5.74) is 1.85. The van der Waals surface area contributed by atoms with Crippen LogP contribution < -0.4 is 0 Å². The summed E-state index contributed by atoms with van der Waals surface area (Å²) in [6.07, 6.45) is 0. The van der Waals surface area contributed by atoms with E-state index in [-0.39, 0.29) is 18.0 Å². The number of nitrogens with zero attached hydrogens (tertiary/aromatic N) is 1. The van der Waals surface area contributed by atoms with E-state index >= 15 is 0 Å². The SMILES string of the molecule is CC(C)(C)c1csc(C(=O)OCc2ccccc2)n1. The number of carbonyl (C=O) groups is 1. The molecule has 0 spiro atoms. The van der Waals surface area contributed by atoms with Crippen LogP contribution in [0, 0.1) is 0 Å². The summed E-state index contributed by atoms with van der Waals surface area (Å²) in [7, 11) is 0. The molecule has 0 N–H and O–H groups in total. The monoisotopic (exact) mass is 275 g/mol. The minimum atomic E-state index is -0.357. The van der Waals surface area contributed by atoms with Crippen molar-refractivity contribution in [2.24, 2.45) is 0 Å². The molecule has 4 heteroatoms. The van der Waals surface area contributed by atoms with Gasteiger partial charge in [-0.25, -0.2) is 9.78 Å². The largest absolute Gasteiger partial charge is 0.455 e. The smallest absolute Gasteiger partial charge is 0.367 e. The van der Waals surface area contributed by atoms with Gasteiger partial charge in [0.2, 0.25) is 5.01 Å². The quantitative estimate of drug-likeness (QED) is 0.800. The number of thiazole rings is 1. The van der Waals surface area contributed by atoms with Crippen LogP contribution in [-0.2, 0) is 16.8 Å². The second kappa shape index (κ2) is 5.53. The first kappa shape index (κ1) is 13.7. The van der Waals surface area contributed by atoms with Crippen molar-refractivity contribution in [1.29, 1.82) is 0 Å². The maximum Gasteiger partial charge on any atom is 0.367 e. The molecule has 0 aliphatic rings. The molecule has 2 aromatic rings. The Labute approximate surface area is 117 Å². The molecule has 0 atom stereocenters. The van der Waals surface area contributed by atoms with Gasteiger partial charge in [-0.05, 0) is 5.56 Å². The van der Waals surface area contributed by atoms with Crippen LogP contribution in [0.25, 0.3) is 0 Å². The van der Waals surface area contributed by atoms with E-state index in [1.165, 1.54) is 11.3 Å². The molecule has 0 aliphatic carbocycles. The molecule has 19 heavy (non-hydrogen) atoms. The number of hydrogen-bond donors (Lipinski definition) is 0. The lowest BCUT2D eigenvalue weighted by Gasteiger charge is -2.14. The third kappa shape index (κ3) is 3.64. The van der Waals surface area contributed by atoms with Crippen LogP contribution in [0.4, 0.5) is 0 Å². The Kier molecular flexibility index (Phi) is 4.00. The topological polar surface area (TPSA) is 39.2 Å². The highest BCUT2D eigenvalue weighted by atomic mass is 32.1. The fourth-order valence-corrected chi connectivity index (χ4v) is 2.43. The molecular formula is C15H17NO2S. The average molecular weight is 275 g/mol. The van der Waals surface area contributed by atoms with Crippen LogP contribution in [0.5, 0.6) is 0 Å². The Morgan fingerprint density at radius 2 is 1.95 bits per heavy atom. The van der Waals surface area contributed by atoms with Crippen molar-refractivity contribution >= 4 is 17.3 Å². The molecule has 0 saturated heterocycles. The number of carbonyl (C=O) groups excluding carboxylic acids is 1. The summed E-state index contributed by atoms with van der Waals surface area (Å²) in [5, 5.41) is 2.33. The first-order valence-corrected chi connectivity index (χ1v) is 7.02. The van der Waals surface area contributed by atoms with Gasteiger partial charge in [-0.2, -0.15) is 0 Å². The fourth-order valence-electron chi connectivity index (χ4n) is 1.50. The normalized spacial score (nSPS) is 11.3. The Hall–Kier alpha value is -1.68. The zero-order chi connectivity index (χ0) is 13.9. The Bertz CT molecular complexity index is 555. The fraction of sp³-hybridized carbons (Fsp3) is 0.333. The second-order valence-electron chi connectivity index (χ2n) is 5.35. The van der Waals surface area contributed by atoms with E-state index in [1.807, 2.05) is 35.7 Å². The van der Waals surface area contributed by atoms with Gasteiger partial charge in [-0.15, -0.1) is 11.3 Å². The maximum atomic E-state index is 11.9. The second-order valence-corrected chi connectivity index (χ2v) is 6.21. The van der Waals surface area contributed by atoms with Gasteiger partial charge in [0.15, 0.2) is 0 Å². The molecule has 0 aliphatic heterocycles. The van der Waals surface area contributed by atoms with E-state index < -0.39 is 0 Å². The van der Waals surface area contributed by atoms with E-state index in [9.17, 15) is 4.79 Å². The van der Waals surface area contributed by atoms with Gasteiger partial charge in [0, 0.05) is 10.8 Å². The first-order chi connectivity index (χ1) is 8.97. The Morgan fingerprint density at radius 3 is 2.53 bits per heavy atom. The van der Waals surface area contributed by atoms with Crippen LogP contribution in [0.2, 0.25) is 0 Å². The molecule has 0 fully saturated rings. The summed E-state index contributed by atoms with van der Waals surface area (Å²) in [4.78, 5) is 16.2. The molecule has 1 aromatic carbocycles. The number of esters is 1. The van der Waals surface area contributed by atoms with Crippen LogP contribution in [0.3, 0.4) is 0 Å². The van der Waals surface area contributed by atoms with Gasteiger partial charge in [-0.1, -0.05) is 51.1 Å². The van der Waals surface area contributed by atoms with Crippen molar-refractivity contribution in [3.05, 3.63) is 52.0 Å². The molecule has 2 rings (SSSR count). The van der Waals surface area contributed by atoms with Crippen molar-refractivity contribution in [2.75, 3.05) is 0 Å². The lowest BCUT2D eigenvalue weighted by atomic mass is 9.93. The Morgan fingerprint density at radius 1 is 1.26 bits per heavy atom. The van der Waals surface area contributed by atoms with Crippen molar-refractivity contribution in [2.45, 2.75) is 32.8 Å². The van der Waals surface area contributed by atoms with Crippen molar-refractivity contribution in [3.63, 3.8) is 0 Å². The molecule has 0 bridgehead atoms. The lowest BCUT2D eigenvalue weighted by molar-refractivity contribution is 0.0472. The molecular weight excluding hydrogens is 258 g/mol. The third-order valence-corrected chi connectivity index (χ3v) is 3.48. The molecule has 1 aromatic heterocycles. The highest BCUT2D eigenvalue weighted by Gasteiger charge is 2.20. The van der Waals surface area contributed by atoms with Crippen LogP contribution >= 0.6 is 11.3 Å². The third-order valence-electron chi connectivity index (χ3n) is 2.66. The van der Waals surface area contributed by atoms with E-state index in [0.717, 1.165) is 11.3 Å². The van der Waals surface area contributed by atoms with Gasteiger partial charge >= 0.3 is 5.97 Å². The van der Waals surface area contributed by atoms with E-state index in [0.29, 0.717) is 5.01 Å². The maximum absolute atomic E-state index is 11.9. The molecule has 100 valence electrons. The average Bonchev–Trinajstić information content (AvgIpc) is 2.87. The number of hydrogen-bond acceptors (Lipinski definition) is 4. The van der Waals surface area contributed by atoms with Gasteiger partial charge < -0.3 is 4.74 Å². The number of ether oxygens (including phenoxy) is 1. The predicted octanol–water partition coefficient (Wildman–Crippen LogP) is 3.80. The molecule has 3 nitrogen and oxygen atoms in total. The van der Waals surface area contributed by atoms with E-state index in [4.69, 9.17) is 4.74 Å². The van der Waals surface area contributed by atoms with Crippen LogP contribution in [0.1, 0.15) is 41.8 Å². The standard InChI is InChI=1S/C15H17NO2S/c1-15(2,3)12-10-19-13(16-12)14(17)18-9-11-7-5-4-6-8-11/h4-8,10H,9H2,1-3H3. The molecule has 0 saturated carbocycles. The first-order valence-electron chi connectivity index (χ1n) is 6.14. The van der Waals surface area contributed by atoms with Gasteiger partial charge in [0.1, 0.15) is 6.61 Å². The van der Waals surface area contributed by atoms with Gasteiger partial charge in [0.05, 0.1) is 5.69 Å². The van der Waals surface area contributed by atoms with Crippen LogP contribution in [-0.4, -0.2) is 11.0 Å². The van der Waals surface area contributed by atoms with Gasteiger partial charge in [-0.3, -0.25) is 0 Å². The summed E-state index contributed by atoms with van der Waals surface area (Å²) >= 11 is 1.33. The van der Waals surface area contributed by atoms with Crippen molar-refractivity contribution in [3.8, 4) is 0 Å². The zero-order valence-electron chi connectivity index (χ0n) is 11.3. The molecule has 0 unspecified atom stereocenters. The molecule has 1 heterocycles. The lowest BCUT2D eigenvalue weighted by Crippen LogP contribution is -2.12. The summed E-state index contributed by atoms with van der Waals surface area (Å²) in [5.74, 6) is -0.357. The van der Waals surface area contributed by atoms with E-state index in [2.05, 4.69) is 25.8 Å². The summed E-state index contributed by atoms with van der Waals surface area (Å²) in [6, 6.07) is 9.63. The number of aromatic nitrogens is 1. The zero-order valence-corrected chi connectivity index (χ0v) is 12.2. The number of benzene rings is 1.